The number of hydrogen-bond donors (Lipinski definition) is 1. The first-order chi connectivity index (χ1) is 7.63. The van der Waals surface area contributed by atoms with Gasteiger partial charge in [0.25, 0.3) is 5.56 Å². The Morgan fingerprint density at radius 1 is 1.50 bits per heavy atom. The van der Waals surface area contributed by atoms with Gasteiger partial charge in [-0.3, -0.25) is 9.36 Å². The summed E-state index contributed by atoms with van der Waals surface area (Å²) in [7, 11) is 0. The highest BCUT2D eigenvalue weighted by atomic mass is 16.1. The molecule has 1 atom stereocenters. The lowest BCUT2D eigenvalue weighted by atomic mass is 10.2. The van der Waals surface area contributed by atoms with Crippen molar-refractivity contribution in [3.05, 3.63) is 28.7 Å². The second-order valence-corrected chi connectivity index (χ2v) is 3.81. The fourth-order valence-electron chi connectivity index (χ4n) is 1.66. The molecule has 0 spiro atoms. The highest BCUT2D eigenvalue weighted by Gasteiger charge is 2.10. The van der Waals surface area contributed by atoms with Crippen LogP contribution < -0.4 is 11.3 Å². The molecule has 0 bridgehead atoms. The minimum atomic E-state index is -0.0556. The van der Waals surface area contributed by atoms with Crippen molar-refractivity contribution in [2.24, 2.45) is 0 Å². The molecule has 0 aromatic carbocycles. The van der Waals surface area contributed by atoms with Crippen molar-refractivity contribution in [1.82, 2.24) is 14.5 Å². The summed E-state index contributed by atoms with van der Waals surface area (Å²) >= 11 is 0. The first kappa shape index (κ1) is 10.6. The number of hydrogen-bond acceptors (Lipinski definition) is 4. The van der Waals surface area contributed by atoms with Crippen molar-refractivity contribution in [2.75, 3.05) is 5.73 Å². The molecule has 0 radical (unpaired) electrons. The first-order valence-corrected chi connectivity index (χ1v) is 5.27. The van der Waals surface area contributed by atoms with Gasteiger partial charge in [-0.25, -0.2) is 4.98 Å². The van der Waals surface area contributed by atoms with E-state index in [1.54, 1.807) is 16.8 Å². The van der Waals surface area contributed by atoms with Crippen molar-refractivity contribution >= 4 is 17.0 Å². The quantitative estimate of drug-likeness (QED) is 0.825. The minimum Gasteiger partial charge on any atom is -0.368 e. The highest BCUT2D eigenvalue weighted by Crippen LogP contribution is 2.15. The summed E-state index contributed by atoms with van der Waals surface area (Å²) in [6, 6.07) is 3.36. The lowest BCUT2D eigenvalue weighted by Crippen LogP contribution is -2.23. The van der Waals surface area contributed by atoms with E-state index in [1.165, 1.54) is 6.07 Å². The van der Waals surface area contributed by atoms with E-state index in [4.69, 9.17) is 5.73 Å². The zero-order valence-electron chi connectivity index (χ0n) is 9.34. The summed E-state index contributed by atoms with van der Waals surface area (Å²) in [6.07, 6.45) is 2.50. The number of aromatic nitrogens is 3. The minimum absolute atomic E-state index is 0.0556. The Kier molecular flexibility index (Phi) is 2.60. The van der Waals surface area contributed by atoms with Crippen LogP contribution in [0.2, 0.25) is 0 Å². The number of pyridine rings is 1. The van der Waals surface area contributed by atoms with E-state index >= 15 is 0 Å². The van der Waals surface area contributed by atoms with Crippen molar-refractivity contribution in [2.45, 2.75) is 26.3 Å². The lowest BCUT2D eigenvalue weighted by Gasteiger charge is -2.14. The fourth-order valence-corrected chi connectivity index (χ4v) is 1.66. The third-order valence-corrected chi connectivity index (χ3v) is 2.72. The van der Waals surface area contributed by atoms with Crippen LogP contribution in [0.3, 0.4) is 0 Å². The molecule has 0 fully saturated rings. The van der Waals surface area contributed by atoms with Crippen LogP contribution >= 0.6 is 0 Å². The Balaban J connectivity index is 2.82. The van der Waals surface area contributed by atoms with Crippen LogP contribution in [0, 0.1) is 0 Å². The van der Waals surface area contributed by atoms with Crippen LogP contribution in [0.4, 0.5) is 5.95 Å². The second kappa shape index (κ2) is 3.92. The summed E-state index contributed by atoms with van der Waals surface area (Å²) < 4.78 is 1.66. The summed E-state index contributed by atoms with van der Waals surface area (Å²) in [5.41, 5.74) is 6.10. The Hall–Kier alpha value is -1.91. The van der Waals surface area contributed by atoms with Crippen molar-refractivity contribution in [3.63, 3.8) is 0 Å². The first-order valence-electron chi connectivity index (χ1n) is 5.27. The molecular weight excluding hydrogens is 204 g/mol. The topological polar surface area (TPSA) is 73.8 Å². The molecule has 16 heavy (non-hydrogen) atoms. The number of fused-ring (bicyclic) bond motifs is 1. The van der Waals surface area contributed by atoms with Crippen LogP contribution in [-0.4, -0.2) is 14.5 Å². The van der Waals surface area contributed by atoms with Gasteiger partial charge in [0.2, 0.25) is 5.95 Å². The molecule has 0 aliphatic rings. The van der Waals surface area contributed by atoms with E-state index in [9.17, 15) is 4.79 Å². The summed E-state index contributed by atoms with van der Waals surface area (Å²) in [5.74, 6) is 0.190. The van der Waals surface area contributed by atoms with E-state index < -0.39 is 0 Å². The second-order valence-electron chi connectivity index (χ2n) is 3.81. The number of nitrogens with two attached hydrogens (primary N) is 1. The smallest absolute Gasteiger partial charge is 0.252 e. The largest absolute Gasteiger partial charge is 0.368 e. The molecule has 2 aromatic rings. The molecule has 0 aliphatic carbocycles. The van der Waals surface area contributed by atoms with E-state index in [0.717, 1.165) is 11.8 Å². The normalized spacial score (nSPS) is 12.9. The van der Waals surface area contributed by atoms with E-state index in [0.29, 0.717) is 5.65 Å². The van der Waals surface area contributed by atoms with Gasteiger partial charge < -0.3 is 5.73 Å². The van der Waals surface area contributed by atoms with Gasteiger partial charge in [-0.1, -0.05) is 6.92 Å². The van der Waals surface area contributed by atoms with Crippen molar-refractivity contribution < 1.29 is 0 Å². The molecule has 0 amide bonds. The van der Waals surface area contributed by atoms with E-state index in [2.05, 4.69) is 9.97 Å². The number of rotatable bonds is 2. The van der Waals surface area contributed by atoms with Gasteiger partial charge in [-0.2, -0.15) is 4.98 Å². The molecule has 5 heteroatoms. The average molecular weight is 218 g/mol. The number of anilines is 1. The van der Waals surface area contributed by atoms with E-state index in [1.807, 2.05) is 13.8 Å². The van der Waals surface area contributed by atoms with Crippen molar-refractivity contribution in [1.29, 1.82) is 0 Å². The van der Waals surface area contributed by atoms with Crippen LogP contribution in [-0.2, 0) is 0 Å². The molecule has 2 heterocycles. The van der Waals surface area contributed by atoms with Gasteiger partial charge in [-0.05, 0) is 19.4 Å². The molecular formula is C11H14N4O. The molecule has 1 unspecified atom stereocenters. The van der Waals surface area contributed by atoms with Crippen LogP contribution in [0.15, 0.2) is 23.1 Å². The highest BCUT2D eigenvalue weighted by molar-refractivity contribution is 5.74. The molecule has 2 aromatic heterocycles. The summed E-state index contributed by atoms with van der Waals surface area (Å²) in [5, 5.41) is 0.828. The van der Waals surface area contributed by atoms with Crippen LogP contribution in [0.5, 0.6) is 0 Å². The summed E-state index contributed by atoms with van der Waals surface area (Å²) in [4.78, 5) is 19.9. The third kappa shape index (κ3) is 1.64. The predicted molar refractivity (Wildman–Crippen MR) is 63.2 cm³/mol. The molecule has 0 aliphatic heterocycles. The monoisotopic (exact) mass is 218 g/mol. The third-order valence-electron chi connectivity index (χ3n) is 2.72. The zero-order valence-corrected chi connectivity index (χ0v) is 9.34. The van der Waals surface area contributed by atoms with Gasteiger partial charge in [0.15, 0.2) is 0 Å². The standard InChI is InChI=1S/C11H14N4O/c1-3-7(2)15-9(16)5-4-8-6-13-11(12)14-10(8)15/h4-7H,3H2,1-2H3,(H2,12,13,14). The lowest BCUT2D eigenvalue weighted by molar-refractivity contribution is 0.528. The maximum Gasteiger partial charge on any atom is 0.252 e. The fraction of sp³-hybridized carbons (Fsp3) is 0.364. The number of nitrogens with zero attached hydrogens (tertiary/aromatic N) is 3. The predicted octanol–water partition coefficient (Wildman–Crippen LogP) is 1.34. The molecule has 5 nitrogen and oxygen atoms in total. The Morgan fingerprint density at radius 2 is 2.25 bits per heavy atom. The Labute approximate surface area is 92.9 Å². The van der Waals surface area contributed by atoms with Crippen molar-refractivity contribution in [3.8, 4) is 0 Å². The molecule has 2 N–H and O–H groups in total. The van der Waals surface area contributed by atoms with Gasteiger partial charge in [-0.15, -0.1) is 0 Å². The van der Waals surface area contributed by atoms with Crippen LogP contribution in [0.1, 0.15) is 26.3 Å². The van der Waals surface area contributed by atoms with Gasteiger partial charge >= 0.3 is 0 Å². The molecule has 0 saturated heterocycles. The maximum absolute atomic E-state index is 11.8. The van der Waals surface area contributed by atoms with E-state index in [-0.39, 0.29) is 17.5 Å². The SMILES string of the molecule is CCC(C)n1c(=O)ccc2cnc(N)nc21. The molecule has 84 valence electrons. The summed E-state index contributed by atoms with van der Waals surface area (Å²) in [6.45, 7) is 4.01. The number of nitrogen functional groups attached to an aromatic ring is 1. The maximum atomic E-state index is 11.8. The molecule has 0 saturated carbocycles. The van der Waals surface area contributed by atoms with Gasteiger partial charge in [0.05, 0.1) is 0 Å². The van der Waals surface area contributed by atoms with Crippen LogP contribution in [0.25, 0.3) is 11.0 Å². The Morgan fingerprint density at radius 3 is 2.94 bits per heavy atom. The molecule has 2 rings (SSSR count). The zero-order chi connectivity index (χ0) is 11.7. The average Bonchev–Trinajstić information content (AvgIpc) is 2.28. The van der Waals surface area contributed by atoms with Gasteiger partial charge in [0, 0.05) is 23.7 Å². The Bertz CT molecular complexity index is 576. The van der Waals surface area contributed by atoms with Gasteiger partial charge in [0.1, 0.15) is 5.65 Å².